The highest BCUT2D eigenvalue weighted by Gasteiger charge is 2.25. The summed E-state index contributed by atoms with van der Waals surface area (Å²) in [6.45, 7) is 4.94. The zero-order valence-electron chi connectivity index (χ0n) is 10.0. The van der Waals surface area contributed by atoms with Crippen LogP contribution in [-0.2, 0) is 0 Å². The predicted octanol–water partition coefficient (Wildman–Crippen LogP) is 2.99. The first-order valence-corrected chi connectivity index (χ1v) is 6.94. The molecule has 0 spiro atoms. The number of hydrogen-bond acceptors (Lipinski definition) is 3. The molecule has 0 aromatic carbocycles. The zero-order chi connectivity index (χ0) is 12.9. The van der Waals surface area contributed by atoms with Crippen LogP contribution in [0.2, 0.25) is 0 Å². The van der Waals surface area contributed by atoms with Gasteiger partial charge in [-0.15, -0.1) is 11.6 Å². The molecule has 0 aliphatic heterocycles. The third-order valence-electron chi connectivity index (χ3n) is 3.21. The molecule has 2 N–H and O–H groups in total. The van der Waals surface area contributed by atoms with Crippen LogP contribution in [0.3, 0.4) is 0 Å². The van der Waals surface area contributed by atoms with E-state index >= 15 is 0 Å². The van der Waals surface area contributed by atoms with Crippen LogP contribution < -0.4 is 10.9 Å². The van der Waals surface area contributed by atoms with E-state index in [9.17, 15) is 4.79 Å². The number of anilines is 1. The third kappa shape index (κ3) is 3.45. The Morgan fingerprint density at radius 3 is 2.71 bits per heavy atom. The number of nitrogens with one attached hydrogen (secondary N) is 2. The van der Waals surface area contributed by atoms with Crippen LogP contribution in [0.15, 0.2) is 15.6 Å². The molecule has 0 radical (unpaired) electrons. The predicted molar refractivity (Wildman–Crippen MR) is 74.8 cm³/mol. The fourth-order valence-electron chi connectivity index (χ4n) is 1.51. The van der Waals surface area contributed by atoms with Crippen molar-refractivity contribution in [1.29, 1.82) is 0 Å². The van der Waals surface area contributed by atoms with E-state index in [0.29, 0.717) is 22.7 Å². The fourth-order valence-corrected chi connectivity index (χ4v) is 2.34. The van der Waals surface area contributed by atoms with E-state index in [0.717, 1.165) is 12.8 Å². The van der Waals surface area contributed by atoms with Crippen molar-refractivity contribution in [2.24, 2.45) is 5.41 Å². The van der Waals surface area contributed by atoms with E-state index < -0.39 is 0 Å². The van der Waals surface area contributed by atoms with Gasteiger partial charge in [0.05, 0.1) is 6.33 Å². The van der Waals surface area contributed by atoms with Gasteiger partial charge in [-0.3, -0.25) is 4.79 Å². The average molecular weight is 323 g/mol. The lowest BCUT2D eigenvalue weighted by molar-refractivity contribution is 0.326. The average Bonchev–Trinajstić information content (AvgIpc) is 2.36. The van der Waals surface area contributed by atoms with Gasteiger partial charge in [0.2, 0.25) is 0 Å². The van der Waals surface area contributed by atoms with Crippen molar-refractivity contribution >= 4 is 33.3 Å². The largest absolute Gasteiger partial charge is 0.368 e. The number of H-pyrrole nitrogens is 1. The number of aromatic nitrogens is 2. The maximum absolute atomic E-state index is 11.4. The highest BCUT2D eigenvalue weighted by molar-refractivity contribution is 9.10. The topological polar surface area (TPSA) is 57.8 Å². The van der Waals surface area contributed by atoms with Gasteiger partial charge in [0, 0.05) is 17.8 Å². The van der Waals surface area contributed by atoms with Crippen molar-refractivity contribution in [1.82, 2.24) is 9.97 Å². The molecule has 0 atom stereocenters. The standard InChI is InChI=1S/C11H17BrClN3O/c1-3-11(4-2,5-13)6-14-9-8(12)10(17)16-7-15-9/h7H,3-6H2,1-2H3,(H2,14,15,16,17). The molecule has 1 rings (SSSR count). The molecular formula is C11H17BrClN3O. The Morgan fingerprint density at radius 2 is 2.18 bits per heavy atom. The minimum atomic E-state index is -0.188. The summed E-state index contributed by atoms with van der Waals surface area (Å²) >= 11 is 9.23. The first-order valence-electron chi connectivity index (χ1n) is 5.61. The van der Waals surface area contributed by atoms with Crippen molar-refractivity contribution in [2.45, 2.75) is 26.7 Å². The van der Waals surface area contributed by atoms with Crippen molar-refractivity contribution in [3.05, 3.63) is 21.2 Å². The molecule has 0 aliphatic carbocycles. The molecule has 17 heavy (non-hydrogen) atoms. The summed E-state index contributed by atoms with van der Waals surface area (Å²) in [6, 6.07) is 0. The van der Waals surface area contributed by atoms with Crippen LogP contribution in [0, 0.1) is 5.41 Å². The lowest BCUT2D eigenvalue weighted by Crippen LogP contribution is -2.31. The summed E-state index contributed by atoms with van der Waals surface area (Å²) < 4.78 is 0.427. The number of rotatable bonds is 6. The van der Waals surface area contributed by atoms with Crippen LogP contribution in [0.1, 0.15) is 26.7 Å². The van der Waals surface area contributed by atoms with Gasteiger partial charge in [-0.1, -0.05) is 13.8 Å². The Morgan fingerprint density at radius 1 is 1.53 bits per heavy atom. The van der Waals surface area contributed by atoms with Gasteiger partial charge in [0.1, 0.15) is 10.3 Å². The van der Waals surface area contributed by atoms with Gasteiger partial charge < -0.3 is 10.3 Å². The highest BCUT2D eigenvalue weighted by Crippen LogP contribution is 2.28. The summed E-state index contributed by atoms with van der Waals surface area (Å²) in [6.07, 6.45) is 3.36. The fraction of sp³-hybridized carbons (Fsp3) is 0.636. The maximum Gasteiger partial charge on any atom is 0.267 e. The minimum Gasteiger partial charge on any atom is -0.368 e. The van der Waals surface area contributed by atoms with E-state index in [1.165, 1.54) is 6.33 Å². The molecule has 0 saturated heterocycles. The smallest absolute Gasteiger partial charge is 0.267 e. The molecule has 6 heteroatoms. The number of alkyl halides is 1. The quantitative estimate of drug-likeness (QED) is 0.792. The second-order valence-corrected chi connectivity index (χ2v) is 5.15. The Kier molecular flexibility index (Phi) is 5.46. The van der Waals surface area contributed by atoms with Crippen LogP contribution in [-0.4, -0.2) is 22.4 Å². The molecule has 0 amide bonds. The number of halogens is 2. The lowest BCUT2D eigenvalue weighted by Gasteiger charge is -2.29. The van der Waals surface area contributed by atoms with Gasteiger partial charge in [-0.2, -0.15) is 0 Å². The first-order chi connectivity index (χ1) is 8.08. The number of hydrogen-bond donors (Lipinski definition) is 2. The van der Waals surface area contributed by atoms with Gasteiger partial charge >= 0.3 is 0 Å². The minimum absolute atomic E-state index is 0.0469. The van der Waals surface area contributed by atoms with Crippen LogP contribution in [0.25, 0.3) is 0 Å². The van der Waals surface area contributed by atoms with Crippen LogP contribution in [0.4, 0.5) is 5.82 Å². The van der Waals surface area contributed by atoms with E-state index in [4.69, 9.17) is 11.6 Å². The molecular weight excluding hydrogens is 305 g/mol. The Hall–Kier alpha value is -0.550. The molecule has 1 aromatic heterocycles. The molecule has 0 fully saturated rings. The summed E-state index contributed by atoms with van der Waals surface area (Å²) in [7, 11) is 0. The van der Waals surface area contributed by atoms with Crippen molar-refractivity contribution in [3.63, 3.8) is 0 Å². The molecule has 0 aliphatic rings. The van der Waals surface area contributed by atoms with Gasteiger partial charge in [-0.05, 0) is 28.8 Å². The van der Waals surface area contributed by atoms with Gasteiger partial charge in [0.15, 0.2) is 0 Å². The van der Waals surface area contributed by atoms with Gasteiger partial charge in [-0.25, -0.2) is 4.98 Å². The van der Waals surface area contributed by atoms with E-state index in [1.807, 2.05) is 0 Å². The van der Waals surface area contributed by atoms with Gasteiger partial charge in [0.25, 0.3) is 5.56 Å². The Balaban J connectivity index is 2.79. The highest BCUT2D eigenvalue weighted by atomic mass is 79.9. The first kappa shape index (κ1) is 14.5. The van der Waals surface area contributed by atoms with Crippen molar-refractivity contribution in [3.8, 4) is 0 Å². The maximum atomic E-state index is 11.4. The number of nitrogens with zero attached hydrogens (tertiary/aromatic N) is 1. The lowest BCUT2D eigenvalue weighted by atomic mass is 9.84. The summed E-state index contributed by atoms with van der Waals surface area (Å²) in [5, 5.41) is 3.19. The third-order valence-corrected chi connectivity index (χ3v) is 4.51. The second kappa shape index (κ2) is 6.40. The molecule has 0 saturated carbocycles. The monoisotopic (exact) mass is 321 g/mol. The van der Waals surface area contributed by atoms with E-state index in [2.05, 4.69) is 45.1 Å². The SMILES string of the molecule is CCC(CC)(CCl)CNc1nc[nH]c(=O)c1Br. The number of aromatic amines is 1. The molecule has 4 nitrogen and oxygen atoms in total. The summed E-state index contributed by atoms with van der Waals surface area (Å²) in [5.74, 6) is 1.15. The molecule has 1 heterocycles. The molecule has 96 valence electrons. The van der Waals surface area contributed by atoms with Crippen LogP contribution >= 0.6 is 27.5 Å². The Labute approximate surface area is 114 Å². The van der Waals surface area contributed by atoms with E-state index in [1.54, 1.807) is 0 Å². The molecule has 1 aromatic rings. The molecule has 0 bridgehead atoms. The van der Waals surface area contributed by atoms with Crippen molar-refractivity contribution in [2.75, 3.05) is 17.7 Å². The van der Waals surface area contributed by atoms with Crippen molar-refractivity contribution < 1.29 is 0 Å². The van der Waals surface area contributed by atoms with Crippen LogP contribution in [0.5, 0.6) is 0 Å². The normalized spacial score (nSPS) is 11.5. The zero-order valence-corrected chi connectivity index (χ0v) is 12.4. The molecule has 0 unspecified atom stereocenters. The van der Waals surface area contributed by atoms with E-state index in [-0.39, 0.29) is 11.0 Å². The second-order valence-electron chi connectivity index (χ2n) is 4.09. The summed E-state index contributed by atoms with van der Waals surface area (Å²) in [4.78, 5) is 18.0. The summed E-state index contributed by atoms with van der Waals surface area (Å²) in [5.41, 5.74) is -0.141. The Bertz CT molecular complexity index is 409.